The smallest absolute Gasteiger partial charge is 0.147 e. The van der Waals surface area contributed by atoms with Gasteiger partial charge in [0.1, 0.15) is 5.82 Å². The number of rotatable bonds is 2. The highest BCUT2D eigenvalue weighted by molar-refractivity contribution is 9.11. The summed E-state index contributed by atoms with van der Waals surface area (Å²) in [6.45, 7) is 0. The number of hydrogen-bond donors (Lipinski definition) is 1. The molecule has 0 atom stereocenters. The molecule has 1 heterocycles. The third-order valence-electron chi connectivity index (χ3n) is 1.99. The van der Waals surface area contributed by atoms with E-state index >= 15 is 0 Å². The molecular weight excluding hydrogens is 339 g/mol. The van der Waals surface area contributed by atoms with Crippen molar-refractivity contribution in [3.8, 4) is 0 Å². The Kier molecular flexibility index (Phi) is 3.56. The van der Waals surface area contributed by atoms with Crippen LogP contribution in [0.3, 0.4) is 0 Å². The summed E-state index contributed by atoms with van der Waals surface area (Å²) in [5.41, 5.74) is 1.18. The summed E-state index contributed by atoms with van der Waals surface area (Å²) < 4.78 is 15.0. The first-order chi connectivity index (χ1) is 7.68. The quantitative estimate of drug-likeness (QED) is 0.867. The Bertz CT molecular complexity index is 497. The fraction of sp³-hybridized carbons (Fsp3) is 0. The zero-order valence-corrected chi connectivity index (χ0v) is 11.2. The highest BCUT2D eigenvalue weighted by atomic mass is 79.9. The number of pyridine rings is 1. The van der Waals surface area contributed by atoms with Crippen LogP contribution in [0.5, 0.6) is 0 Å². The van der Waals surface area contributed by atoms with Crippen molar-refractivity contribution >= 4 is 43.2 Å². The second-order valence-electron chi connectivity index (χ2n) is 3.08. The third kappa shape index (κ3) is 2.41. The fourth-order valence-corrected chi connectivity index (χ4v) is 2.02. The molecule has 1 aromatic heterocycles. The number of benzene rings is 1. The van der Waals surface area contributed by atoms with E-state index in [1.807, 2.05) is 0 Å². The van der Waals surface area contributed by atoms with E-state index in [0.717, 1.165) is 10.2 Å². The predicted molar refractivity (Wildman–Crippen MR) is 69.3 cm³/mol. The molecule has 82 valence electrons. The normalized spacial score (nSPS) is 10.2. The Morgan fingerprint density at radius 2 is 1.94 bits per heavy atom. The van der Waals surface area contributed by atoms with Gasteiger partial charge in [0.15, 0.2) is 0 Å². The molecule has 2 aromatic rings. The van der Waals surface area contributed by atoms with E-state index in [4.69, 9.17) is 0 Å². The number of anilines is 2. The molecule has 0 spiro atoms. The van der Waals surface area contributed by atoms with Gasteiger partial charge in [0.2, 0.25) is 0 Å². The van der Waals surface area contributed by atoms with E-state index in [0.29, 0.717) is 10.2 Å². The van der Waals surface area contributed by atoms with Crippen molar-refractivity contribution in [2.75, 3.05) is 5.32 Å². The van der Waals surface area contributed by atoms with Gasteiger partial charge < -0.3 is 5.32 Å². The van der Waals surface area contributed by atoms with Crippen LogP contribution in [0, 0.1) is 5.82 Å². The topological polar surface area (TPSA) is 24.9 Å². The van der Waals surface area contributed by atoms with Gasteiger partial charge in [0, 0.05) is 16.9 Å². The standard InChI is InChI=1S/C11H7Br2FN2/c12-7-2-1-3-9(14)11(7)16-10-4-5-15-6-8(10)13/h1-6H,(H,15,16). The fourth-order valence-electron chi connectivity index (χ4n) is 1.23. The third-order valence-corrected chi connectivity index (χ3v) is 3.29. The van der Waals surface area contributed by atoms with E-state index < -0.39 is 0 Å². The summed E-state index contributed by atoms with van der Waals surface area (Å²) in [5, 5.41) is 3.00. The van der Waals surface area contributed by atoms with Crippen LogP contribution < -0.4 is 5.32 Å². The summed E-state index contributed by atoms with van der Waals surface area (Å²) in [7, 11) is 0. The monoisotopic (exact) mass is 344 g/mol. The van der Waals surface area contributed by atoms with E-state index in [-0.39, 0.29) is 5.82 Å². The molecule has 0 bridgehead atoms. The van der Waals surface area contributed by atoms with Crippen LogP contribution in [0.25, 0.3) is 0 Å². The number of hydrogen-bond acceptors (Lipinski definition) is 2. The number of para-hydroxylation sites is 1. The van der Waals surface area contributed by atoms with Gasteiger partial charge in [-0.25, -0.2) is 4.39 Å². The van der Waals surface area contributed by atoms with Gasteiger partial charge in [-0.2, -0.15) is 0 Å². The Balaban J connectivity index is 2.38. The molecular formula is C11H7Br2FN2. The second kappa shape index (κ2) is 4.93. The molecule has 1 N–H and O–H groups in total. The van der Waals surface area contributed by atoms with E-state index in [9.17, 15) is 4.39 Å². The first-order valence-corrected chi connectivity index (χ1v) is 6.07. The second-order valence-corrected chi connectivity index (χ2v) is 4.79. The number of nitrogens with zero attached hydrogens (tertiary/aromatic N) is 1. The van der Waals surface area contributed by atoms with Crippen LogP contribution in [0.1, 0.15) is 0 Å². The summed E-state index contributed by atoms with van der Waals surface area (Å²) in [5.74, 6) is -0.307. The minimum atomic E-state index is -0.307. The lowest BCUT2D eigenvalue weighted by Gasteiger charge is -2.10. The minimum absolute atomic E-state index is 0.307. The average Bonchev–Trinajstić information content (AvgIpc) is 2.26. The van der Waals surface area contributed by atoms with Crippen LogP contribution >= 0.6 is 31.9 Å². The van der Waals surface area contributed by atoms with E-state index in [1.54, 1.807) is 30.6 Å². The Morgan fingerprint density at radius 1 is 1.12 bits per heavy atom. The summed E-state index contributed by atoms with van der Waals surface area (Å²) in [6.07, 6.45) is 3.29. The molecule has 2 nitrogen and oxygen atoms in total. The molecule has 0 saturated heterocycles. The lowest BCUT2D eigenvalue weighted by Crippen LogP contribution is -1.95. The number of aromatic nitrogens is 1. The van der Waals surface area contributed by atoms with Gasteiger partial charge in [-0.05, 0) is 50.1 Å². The molecule has 2 rings (SSSR count). The van der Waals surface area contributed by atoms with Crippen molar-refractivity contribution in [2.24, 2.45) is 0 Å². The maximum atomic E-state index is 13.5. The molecule has 0 saturated carbocycles. The SMILES string of the molecule is Fc1cccc(Br)c1Nc1ccncc1Br. The molecule has 0 amide bonds. The highest BCUT2D eigenvalue weighted by Gasteiger charge is 2.07. The van der Waals surface area contributed by atoms with Crippen molar-refractivity contribution in [3.63, 3.8) is 0 Å². The van der Waals surface area contributed by atoms with Crippen LogP contribution in [0.4, 0.5) is 15.8 Å². The molecule has 1 aromatic carbocycles. The maximum Gasteiger partial charge on any atom is 0.147 e. The average molecular weight is 346 g/mol. The molecule has 16 heavy (non-hydrogen) atoms. The van der Waals surface area contributed by atoms with E-state index in [2.05, 4.69) is 42.2 Å². The summed E-state index contributed by atoms with van der Waals surface area (Å²) in [4.78, 5) is 3.94. The van der Waals surface area contributed by atoms with Crippen molar-refractivity contribution in [1.29, 1.82) is 0 Å². The largest absolute Gasteiger partial charge is 0.351 e. The Morgan fingerprint density at radius 3 is 2.62 bits per heavy atom. The predicted octanol–water partition coefficient (Wildman–Crippen LogP) is 4.49. The molecule has 0 radical (unpaired) electrons. The molecule has 5 heteroatoms. The lowest BCUT2D eigenvalue weighted by atomic mass is 10.3. The van der Waals surface area contributed by atoms with Crippen molar-refractivity contribution in [1.82, 2.24) is 4.98 Å². The van der Waals surface area contributed by atoms with E-state index in [1.165, 1.54) is 6.07 Å². The van der Waals surface area contributed by atoms with Crippen molar-refractivity contribution in [2.45, 2.75) is 0 Å². The summed E-state index contributed by atoms with van der Waals surface area (Å²) >= 11 is 6.64. The van der Waals surface area contributed by atoms with Gasteiger partial charge in [-0.1, -0.05) is 6.07 Å². The van der Waals surface area contributed by atoms with Crippen LogP contribution in [-0.4, -0.2) is 4.98 Å². The highest BCUT2D eigenvalue weighted by Crippen LogP contribution is 2.31. The molecule has 0 aliphatic heterocycles. The maximum absolute atomic E-state index is 13.5. The van der Waals surface area contributed by atoms with Crippen LogP contribution in [0.15, 0.2) is 45.6 Å². The number of halogens is 3. The Labute approximate surface area is 109 Å². The molecule has 0 fully saturated rings. The van der Waals surface area contributed by atoms with Crippen molar-refractivity contribution in [3.05, 3.63) is 51.4 Å². The summed E-state index contributed by atoms with van der Waals surface area (Å²) in [6, 6.07) is 6.60. The van der Waals surface area contributed by atoms with Crippen LogP contribution in [-0.2, 0) is 0 Å². The van der Waals surface area contributed by atoms with Gasteiger partial charge >= 0.3 is 0 Å². The zero-order chi connectivity index (χ0) is 11.5. The lowest BCUT2D eigenvalue weighted by molar-refractivity contribution is 0.631. The van der Waals surface area contributed by atoms with Crippen molar-refractivity contribution < 1.29 is 4.39 Å². The zero-order valence-electron chi connectivity index (χ0n) is 8.05. The molecule has 0 aliphatic rings. The van der Waals surface area contributed by atoms with Gasteiger partial charge in [0.05, 0.1) is 15.8 Å². The minimum Gasteiger partial charge on any atom is -0.351 e. The molecule has 0 aliphatic carbocycles. The number of nitrogens with one attached hydrogen (secondary N) is 1. The Hall–Kier alpha value is -0.940. The van der Waals surface area contributed by atoms with Gasteiger partial charge in [-0.15, -0.1) is 0 Å². The first kappa shape index (κ1) is 11.5. The van der Waals surface area contributed by atoms with Crippen LogP contribution in [0.2, 0.25) is 0 Å². The van der Waals surface area contributed by atoms with Gasteiger partial charge in [-0.3, -0.25) is 4.98 Å². The first-order valence-electron chi connectivity index (χ1n) is 4.49. The molecule has 0 unspecified atom stereocenters. The van der Waals surface area contributed by atoms with Gasteiger partial charge in [0.25, 0.3) is 0 Å².